The Morgan fingerprint density at radius 2 is 1.50 bits per heavy atom. The molecule has 0 amide bonds. The van der Waals surface area contributed by atoms with E-state index in [1.807, 2.05) is 11.8 Å². The van der Waals surface area contributed by atoms with Crippen LogP contribution in [0.2, 0.25) is 0 Å². The van der Waals surface area contributed by atoms with E-state index in [1.54, 1.807) is 14.2 Å². The van der Waals surface area contributed by atoms with Gasteiger partial charge < -0.3 is 9.47 Å². The molecule has 0 heterocycles. The Morgan fingerprint density at radius 3 is 2.10 bits per heavy atom. The van der Waals surface area contributed by atoms with Gasteiger partial charge in [0.05, 0.1) is 0 Å². The van der Waals surface area contributed by atoms with Gasteiger partial charge in [-0.2, -0.15) is 0 Å². The van der Waals surface area contributed by atoms with Gasteiger partial charge in [0, 0.05) is 24.7 Å². The van der Waals surface area contributed by atoms with E-state index in [0.29, 0.717) is 0 Å². The molecule has 0 aliphatic carbocycles. The molecule has 0 aromatic heterocycles. The van der Waals surface area contributed by atoms with E-state index in [1.165, 1.54) is 49.2 Å². The average Bonchev–Trinajstić information content (AvgIpc) is 2.49. The molecule has 0 aliphatic rings. The minimum Gasteiger partial charge on any atom is -0.352 e. The largest absolute Gasteiger partial charge is 0.352 e. The van der Waals surface area contributed by atoms with Crippen molar-refractivity contribution in [2.45, 2.75) is 56.6 Å². The summed E-state index contributed by atoms with van der Waals surface area (Å²) in [4.78, 5) is 1.33. The van der Waals surface area contributed by atoms with E-state index in [-0.39, 0.29) is 6.29 Å². The fourth-order valence-corrected chi connectivity index (χ4v) is 3.07. The minimum atomic E-state index is -0.257. The fourth-order valence-electron chi connectivity index (χ4n) is 2.16. The second-order valence-corrected chi connectivity index (χ2v) is 6.16. The smallest absolute Gasteiger partial charge is 0.183 e. The van der Waals surface area contributed by atoms with Gasteiger partial charge in [-0.15, -0.1) is 11.8 Å². The number of rotatable bonds is 11. The maximum atomic E-state index is 5.24. The highest BCUT2D eigenvalue weighted by Gasteiger charge is 2.07. The normalized spacial score (nSPS) is 11.2. The predicted molar refractivity (Wildman–Crippen MR) is 87.3 cm³/mol. The first-order valence-electron chi connectivity index (χ1n) is 7.60. The molecule has 20 heavy (non-hydrogen) atoms. The molecule has 0 spiro atoms. The summed E-state index contributed by atoms with van der Waals surface area (Å²) in [6, 6.07) is 8.48. The Balaban J connectivity index is 2.21. The molecule has 0 fully saturated rings. The lowest BCUT2D eigenvalue weighted by molar-refractivity contribution is -0.106. The zero-order chi connectivity index (χ0) is 14.6. The van der Waals surface area contributed by atoms with Crippen molar-refractivity contribution in [1.82, 2.24) is 0 Å². The van der Waals surface area contributed by atoms with Crippen molar-refractivity contribution in [1.29, 1.82) is 0 Å². The highest BCUT2D eigenvalue weighted by molar-refractivity contribution is 7.99. The van der Waals surface area contributed by atoms with Crippen LogP contribution in [-0.4, -0.2) is 20.0 Å². The third kappa shape index (κ3) is 6.78. The van der Waals surface area contributed by atoms with Gasteiger partial charge in [-0.25, -0.2) is 0 Å². The molecule has 0 saturated heterocycles. The number of hydrogen-bond donors (Lipinski definition) is 0. The average molecular weight is 296 g/mol. The summed E-state index contributed by atoms with van der Waals surface area (Å²) in [5, 5.41) is 0. The van der Waals surface area contributed by atoms with Crippen LogP contribution < -0.4 is 0 Å². The lowest BCUT2D eigenvalue weighted by Gasteiger charge is -2.13. The summed E-state index contributed by atoms with van der Waals surface area (Å²) < 4.78 is 10.5. The molecular formula is C17H28O2S. The number of methoxy groups -OCH3 is 2. The highest BCUT2D eigenvalue weighted by atomic mass is 32.2. The van der Waals surface area contributed by atoms with E-state index in [0.717, 1.165) is 5.56 Å². The number of unbranched alkanes of at least 4 members (excludes halogenated alkanes) is 5. The number of benzene rings is 1. The van der Waals surface area contributed by atoms with Crippen molar-refractivity contribution in [2.75, 3.05) is 20.0 Å². The molecule has 0 N–H and O–H groups in total. The van der Waals surface area contributed by atoms with Crippen LogP contribution in [0.15, 0.2) is 29.2 Å². The highest BCUT2D eigenvalue weighted by Crippen LogP contribution is 2.24. The SMILES string of the molecule is CCCCCCCCSc1ccc(C(OC)OC)cc1. The predicted octanol–water partition coefficient (Wildman–Crippen LogP) is 5.43. The van der Waals surface area contributed by atoms with Crippen LogP contribution in [0, 0.1) is 0 Å². The molecule has 0 saturated carbocycles. The number of thioether (sulfide) groups is 1. The Labute approximate surface area is 128 Å². The van der Waals surface area contributed by atoms with Crippen molar-refractivity contribution in [2.24, 2.45) is 0 Å². The fraction of sp³-hybridized carbons (Fsp3) is 0.647. The summed E-state index contributed by atoms with van der Waals surface area (Å²) in [5.41, 5.74) is 1.07. The first-order chi connectivity index (χ1) is 9.81. The monoisotopic (exact) mass is 296 g/mol. The van der Waals surface area contributed by atoms with Crippen molar-refractivity contribution < 1.29 is 9.47 Å². The lowest BCUT2D eigenvalue weighted by Crippen LogP contribution is -2.02. The quantitative estimate of drug-likeness (QED) is 0.308. The van der Waals surface area contributed by atoms with Crippen LogP contribution in [0.25, 0.3) is 0 Å². The number of ether oxygens (including phenoxy) is 2. The van der Waals surface area contributed by atoms with Crippen molar-refractivity contribution in [3.05, 3.63) is 29.8 Å². The second-order valence-electron chi connectivity index (χ2n) is 4.99. The molecule has 0 bridgehead atoms. The summed E-state index contributed by atoms with van der Waals surface area (Å²) in [6.45, 7) is 2.26. The van der Waals surface area contributed by atoms with Crippen molar-refractivity contribution >= 4 is 11.8 Å². The van der Waals surface area contributed by atoms with Crippen LogP contribution in [0.3, 0.4) is 0 Å². The molecule has 0 radical (unpaired) electrons. The molecule has 0 atom stereocenters. The Hall–Kier alpha value is -0.510. The van der Waals surface area contributed by atoms with Crippen LogP contribution in [-0.2, 0) is 9.47 Å². The first kappa shape index (κ1) is 17.5. The van der Waals surface area contributed by atoms with E-state index >= 15 is 0 Å². The molecular weight excluding hydrogens is 268 g/mol. The van der Waals surface area contributed by atoms with Crippen LogP contribution >= 0.6 is 11.8 Å². The minimum absolute atomic E-state index is 0.257. The first-order valence-corrected chi connectivity index (χ1v) is 8.58. The van der Waals surface area contributed by atoms with Crippen LogP contribution in [0.1, 0.15) is 57.3 Å². The molecule has 0 unspecified atom stereocenters. The van der Waals surface area contributed by atoms with Gasteiger partial charge in [0.1, 0.15) is 0 Å². The van der Waals surface area contributed by atoms with Gasteiger partial charge in [0.15, 0.2) is 6.29 Å². The molecule has 1 aromatic carbocycles. The van der Waals surface area contributed by atoms with Gasteiger partial charge in [0.25, 0.3) is 0 Å². The Bertz CT molecular complexity index is 333. The van der Waals surface area contributed by atoms with Gasteiger partial charge in [-0.3, -0.25) is 0 Å². The third-order valence-electron chi connectivity index (χ3n) is 3.35. The zero-order valence-corrected chi connectivity index (χ0v) is 13.9. The summed E-state index contributed by atoms with van der Waals surface area (Å²) in [6.07, 6.45) is 7.91. The van der Waals surface area contributed by atoms with E-state index in [4.69, 9.17) is 9.47 Å². The molecule has 1 rings (SSSR count). The number of hydrogen-bond acceptors (Lipinski definition) is 3. The van der Waals surface area contributed by atoms with Gasteiger partial charge in [0.2, 0.25) is 0 Å². The van der Waals surface area contributed by atoms with Crippen molar-refractivity contribution in [3.8, 4) is 0 Å². The summed E-state index contributed by atoms with van der Waals surface area (Å²) >= 11 is 1.94. The second kappa shape index (κ2) is 11.2. The van der Waals surface area contributed by atoms with E-state index in [9.17, 15) is 0 Å². The molecule has 114 valence electrons. The summed E-state index contributed by atoms with van der Waals surface area (Å²) in [7, 11) is 3.32. The molecule has 2 nitrogen and oxygen atoms in total. The standard InChI is InChI=1S/C17H28O2S/c1-4-5-6-7-8-9-14-20-16-12-10-15(11-13-16)17(18-2)19-3/h10-13,17H,4-9,14H2,1-3H3. The Kier molecular flexibility index (Phi) is 9.81. The Morgan fingerprint density at radius 1 is 0.900 bits per heavy atom. The molecule has 3 heteroatoms. The lowest BCUT2D eigenvalue weighted by atomic mass is 10.1. The maximum Gasteiger partial charge on any atom is 0.183 e. The third-order valence-corrected chi connectivity index (χ3v) is 4.45. The van der Waals surface area contributed by atoms with Crippen LogP contribution in [0.5, 0.6) is 0 Å². The topological polar surface area (TPSA) is 18.5 Å². The van der Waals surface area contributed by atoms with Crippen LogP contribution in [0.4, 0.5) is 0 Å². The maximum absolute atomic E-state index is 5.24. The van der Waals surface area contributed by atoms with Gasteiger partial charge in [-0.1, -0.05) is 51.2 Å². The van der Waals surface area contributed by atoms with E-state index < -0.39 is 0 Å². The van der Waals surface area contributed by atoms with E-state index in [2.05, 4.69) is 31.2 Å². The molecule has 1 aromatic rings. The summed E-state index contributed by atoms with van der Waals surface area (Å²) in [5.74, 6) is 1.21. The zero-order valence-electron chi connectivity index (χ0n) is 13.1. The molecule has 0 aliphatic heterocycles. The van der Waals surface area contributed by atoms with Gasteiger partial charge >= 0.3 is 0 Å². The van der Waals surface area contributed by atoms with Crippen molar-refractivity contribution in [3.63, 3.8) is 0 Å². The van der Waals surface area contributed by atoms with Gasteiger partial charge in [-0.05, 0) is 24.3 Å².